The summed E-state index contributed by atoms with van der Waals surface area (Å²) in [6.45, 7) is 5.69. The van der Waals surface area contributed by atoms with Crippen LogP contribution in [0.25, 0.3) is 0 Å². The largest absolute Gasteiger partial charge is 0.388 e. The molecule has 1 saturated heterocycles. The van der Waals surface area contributed by atoms with E-state index in [9.17, 15) is 20.0 Å². The molecule has 0 bridgehead atoms. The lowest BCUT2D eigenvalue weighted by Crippen LogP contribution is -2.48. The molecule has 1 heterocycles. The minimum atomic E-state index is -0.957. The van der Waals surface area contributed by atoms with Crippen molar-refractivity contribution < 1.29 is 14.8 Å². The lowest BCUT2D eigenvalue weighted by Gasteiger charge is -2.34. The number of nitro groups is 1. The molecule has 1 aliphatic heterocycles. The van der Waals surface area contributed by atoms with E-state index in [1.807, 2.05) is 0 Å². The second-order valence-electron chi connectivity index (χ2n) is 6.07. The van der Waals surface area contributed by atoms with E-state index in [2.05, 4.69) is 0 Å². The van der Waals surface area contributed by atoms with Crippen molar-refractivity contribution >= 4 is 11.6 Å². The summed E-state index contributed by atoms with van der Waals surface area (Å²) in [6, 6.07) is 4.02. The lowest BCUT2D eigenvalue weighted by molar-refractivity contribution is -0.384. The molecule has 6 heteroatoms. The smallest absolute Gasteiger partial charge is 0.269 e. The Labute approximate surface area is 123 Å². The van der Waals surface area contributed by atoms with Crippen LogP contribution in [0.4, 0.5) is 5.69 Å². The van der Waals surface area contributed by atoms with Crippen LogP contribution in [-0.2, 0) is 0 Å². The first kappa shape index (κ1) is 15.4. The number of hydrogen-bond donors (Lipinski definition) is 1. The molecule has 21 heavy (non-hydrogen) atoms. The Morgan fingerprint density at radius 2 is 2.14 bits per heavy atom. The average Bonchev–Trinajstić information content (AvgIpc) is 2.86. The van der Waals surface area contributed by atoms with E-state index < -0.39 is 10.5 Å². The predicted octanol–water partition coefficient (Wildman–Crippen LogP) is 2.28. The van der Waals surface area contributed by atoms with Crippen molar-refractivity contribution in [3.05, 3.63) is 39.4 Å². The molecule has 2 rings (SSSR count). The Morgan fingerprint density at radius 3 is 2.67 bits per heavy atom. The van der Waals surface area contributed by atoms with Crippen molar-refractivity contribution in [1.29, 1.82) is 0 Å². The van der Waals surface area contributed by atoms with Gasteiger partial charge >= 0.3 is 0 Å². The maximum Gasteiger partial charge on any atom is 0.269 e. The lowest BCUT2D eigenvalue weighted by atomic mass is 9.96. The van der Waals surface area contributed by atoms with Crippen LogP contribution in [0.2, 0.25) is 0 Å². The fraction of sp³-hybridized carbons (Fsp3) is 0.533. The van der Waals surface area contributed by atoms with E-state index >= 15 is 0 Å². The number of nitro benzene ring substituents is 1. The number of benzene rings is 1. The number of rotatable bonds is 3. The number of carbonyl (C=O) groups is 1. The fourth-order valence-corrected chi connectivity index (χ4v) is 2.90. The Morgan fingerprint density at radius 1 is 1.48 bits per heavy atom. The molecule has 1 aromatic carbocycles. The minimum Gasteiger partial charge on any atom is -0.388 e. The standard InChI is InChI=1S/C15H20N2O4/c1-10-9-11(17(20)21)6-7-12(10)14(18)16-8-4-5-13(16)15(2,3)19/h6-7,9,13,19H,4-5,8H2,1-3H3. The highest BCUT2D eigenvalue weighted by molar-refractivity contribution is 5.96. The number of aryl methyl sites for hydroxylation is 1. The van der Waals surface area contributed by atoms with Gasteiger partial charge in [0.25, 0.3) is 11.6 Å². The van der Waals surface area contributed by atoms with Crippen molar-refractivity contribution in [2.45, 2.75) is 45.3 Å². The molecule has 1 unspecified atom stereocenters. The zero-order valence-electron chi connectivity index (χ0n) is 12.5. The molecule has 1 N–H and O–H groups in total. The topological polar surface area (TPSA) is 83.7 Å². The van der Waals surface area contributed by atoms with Gasteiger partial charge in [-0.15, -0.1) is 0 Å². The molecule has 0 saturated carbocycles. The number of amides is 1. The van der Waals surface area contributed by atoms with Gasteiger partial charge in [-0.25, -0.2) is 0 Å². The second-order valence-corrected chi connectivity index (χ2v) is 6.07. The van der Waals surface area contributed by atoms with Gasteiger partial charge < -0.3 is 10.0 Å². The number of carbonyl (C=O) groups excluding carboxylic acids is 1. The molecule has 1 atom stereocenters. The highest BCUT2D eigenvalue weighted by Gasteiger charge is 2.39. The summed E-state index contributed by atoms with van der Waals surface area (Å²) in [5.41, 5.74) is 0.0535. The van der Waals surface area contributed by atoms with Crippen LogP contribution in [0.3, 0.4) is 0 Å². The number of aliphatic hydroxyl groups is 1. The molecule has 1 fully saturated rings. The molecule has 0 aromatic heterocycles. The van der Waals surface area contributed by atoms with Crippen LogP contribution < -0.4 is 0 Å². The summed E-state index contributed by atoms with van der Waals surface area (Å²) in [4.78, 5) is 24.6. The fourth-order valence-electron chi connectivity index (χ4n) is 2.90. The highest BCUT2D eigenvalue weighted by atomic mass is 16.6. The van der Waals surface area contributed by atoms with Gasteiger partial charge in [0.15, 0.2) is 0 Å². The molecule has 114 valence electrons. The Kier molecular flexibility index (Phi) is 4.00. The quantitative estimate of drug-likeness (QED) is 0.684. The number of non-ortho nitro benzene ring substituents is 1. The van der Waals surface area contributed by atoms with Crippen LogP contribution in [0.1, 0.15) is 42.6 Å². The first-order valence-corrected chi connectivity index (χ1v) is 7.00. The predicted molar refractivity (Wildman–Crippen MR) is 78.2 cm³/mol. The van der Waals surface area contributed by atoms with E-state index in [1.54, 1.807) is 25.7 Å². The Hall–Kier alpha value is -1.95. The first-order chi connectivity index (χ1) is 9.71. The summed E-state index contributed by atoms with van der Waals surface area (Å²) in [5, 5.41) is 20.9. The molecular weight excluding hydrogens is 272 g/mol. The van der Waals surface area contributed by atoms with Crippen molar-refractivity contribution in [2.75, 3.05) is 6.54 Å². The molecule has 0 spiro atoms. The van der Waals surface area contributed by atoms with Crippen molar-refractivity contribution in [3.8, 4) is 0 Å². The van der Waals surface area contributed by atoms with Crippen molar-refractivity contribution in [1.82, 2.24) is 4.90 Å². The van der Waals surface area contributed by atoms with E-state index in [-0.39, 0.29) is 17.6 Å². The number of nitrogens with zero attached hydrogens (tertiary/aromatic N) is 2. The number of likely N-dealkylation sites (tertiary alicyclic amines) is 1. The normalized spacial score (nSPS) is 18.9. The van der Waals surface area contributed by atoms with Crippen LogP contribution in [-0.4, -0.2) is 39.0 Å². The van der Waals surface area contributed by atoms with Gasteiger partial charge in [0.1, 0.15) is 0 Å². The van der Waals surface area contributed by atoms with E-state index in [0.717, 1.165) is 12.8 Å². The van der Waals surface area contributed by atoms with Crippen LogP contribution in [0.15, 0.2) is 18.2 Å². The zero-order chi connectivity index (χ0) is 15.8. The first-order valence-electron chi connectivity index (χ1n) is 7.00. The SMILES string of the molecule is Cc1cc([N+](=O)[O-])ccc1C(=O)N1CCCC1C(C)(C)O. The van der Waals surface area contributed by atoms with Crippen molar-refractivity contribution in [3.63, 3.8) is 0 Å². The molecular formula is C15H20N2O4. The molecule has 1 amide bonds. The van der Waals surface area contributed by atoms with Crippen LogP contribution >= 0.6 is 0 Å². The molecule has 1 aromatic rings. The maximum atomic E-state index is 12.7. The minimum absolute atomic E-state index is 0.0236. The van der Waals surface area contributed by atoms with E-state index in [4.69, 9.17) is 0 Å². The second kappa shape index (κ2) is 5.44. The highest BCUT2D eigenvalue weighted by Crippen LogP contribution is 2.29. The van der Waals surface area contributed by atoms with Gasteiger partial charge in [-0.2, -0.15) is 0 Å². The third kappa shape index (κ3) is 3.05. The maximum absolute atomic E-state index is 12.7. The van der Waals surface area contributed by atoms with Gasteiger partial charge in [-0.05, 0) is 45.2 Å². The zero-order valence-corrected chi connectivity index (χ0v) is 12.5. The van der Waals surface area contributed by atoms with Gasteiger partial charge in [-0.3, -0.25) is 14.9 Å². The summed E-state index contributed by atoms with van der Waals surface area (Å²) in [5.74, 6) is -0.174. The van der Waals surface area contributed by atoms with E-state index in [0.29, 0.717) is 17.7 Å². The van der Waals surface area contributed by atoms with Crippen molar-refractivity contribution in [2.24, 2.45) is 0 Å². The summed E-state index contributed by atoms with van der Waals surface area (Å²) in [6.07, 6.45) is 1.62. The molecule has 0 aliphatic carbocycles. The summed E-state index contributed by atoms with van der Waals surface area (Å²) >= 11 is 0. The molecule has 6 nitrogen and oxygen atoms in total. The van der Waals surface area contributed by atoms with E-state index in [1.165, 1.54) is 18.2 Å². The van der Waals surface area contributed by atoms with Gasteiger partial charge in [0.2, 0.25) is 0 Å². The average molecular weight is 292 g/mol. The Balaban J connectivity index is 2.30. The third-order valence-corrected chi connectivity index (χ3v) is 3.98. The Bertz CT molecular complexity index is 578. The molecule has 1 aliphatic rings. The monoisotopic (exact) mass is 292 g/mol. The summed E-state index contributed by atoms with van der Waals surface area (Å²) in [7, 11) is 0. The van der Waals surface area contributed by atoms with Crippen LogP contribution in [0.5, 0.6) is 0 Å². The number of hydrogen-bond acceptors (Lipinski definition) is 4. The van der Waals surface area contributed by atoms with Crippen LogP contribution in [0, 0.1) is 17.0 Å². The van der Waals surface area contributed by atoms with Gasteiger partial charge in [0, 0.05) is 24.2 Å². The van der Waals surface area contributed by atoms with Gasteiger partial charge in [-0.1, -0.05) is 0 Å². The molecule has 0 radical (unpaired) electrons. The van der Waals surface area contributed by atoms with Gasteiger partial charge in [0.05, 0.1) is 16.6 Å². The third-order valence-electron chi connectivity index (χ3n) is 3.98. The summed E-state index contributed by atoms with van der Waals surface area (Å²) < 4.78 is 0.